The summed E-state index contributed by atoms with van der Waals surface area (Å²) in [6, 6.07) is 24.4. The molecule has 0 saturated heterocycles. The number of aromatic amines is 1. The van der Waals surface area contributed by atoms with Crippen molar-refractivity contribution in [1.29, 1.82) is 0 Å². The standard InChI is InChI=1S/C30H31N3O3S/c1-21-7-5-6-10-23(21)12-14-33(30(37)31-13-11-22-8-3-2-4-9-22)20-25-17-24-18-27-28(36-16-15-35-27)19-26(24)32-29(25)34/h2-10,17-19H,11-16,20H2,1H3,(H,31,37)(H,32,34). The second-order valence-corrected chi connectivity index (χ2v) is 9.66. The molecule has 1 aliphatic heterocycles. The molecule has 2 heterocycles. The van der Waals surface area contributed by atoms with E-state index < -0.39 is 0 Å². The lowest BCUT2D eigenvalue weighted by molar-refractivity contribution is 0.172. The van der Waals surface area contributed by atoms with Gasteiger partial charge in [-0.25, -0.2) is 0 Å². The fraction of sp³-hybridized carbons (Fsp3) is 0.267. The first-order valence-electron chi connectivity index (χ1n) is 12.6. The lowest BCUT2D eigenvalue weighted by Gasteiger charge is -2.26. The van der Waals surface area contributed by atoms with Crippen molar-refractivity contribution in [2.45, 2.75) is 26.3 Å². The van der Waals surface area contributed by atoms with Gasteiger partial charge < -0.3 is 24.7 Å². The maximum absolute atomic E-state index is 13.1. The molecule has 0 atom stereocenters. The molecule has 6 nitrogen and oxygen atoms in total. The zero-order valence-corrected chi connectivity index (χ0v) is 21.8. The van der Waals surface area contributed by atoms with E-state index in [-0.39, 0.29) is 5.56 Å². The SMILES string of the molecule is Cc1ccccc1CCN(Cc1cc2cc3c(cc2[nH]c1=O)OCCO3)C(=S)NCCc1ccccc1. The molecule has 1 aliphatic rings. The largest absolute Gasteiger partial charge is 0.486 e. The molecule has 0 fully saturated rings. The highest BCUT2D eigenvalue weighted by atomic mass is 32.1. The smallest absolute Gasteiger partial charge is 0.253 e. The van der Waals surface area contributed by atoms with Crippen LogP contribution in [0.15, 0.2) is 77.6 Å². The molecule has 4 aromatic rings. The summed E-state index contributed by atoms with van der Waals surface area (Å²) >= 11 is 5.82. The first-order chi connectivity index (χ1) is 18.1. The van der Waals surface area contributed by atoms with E-state index in [1.54, 1.807) is 0 Å². The first-order valence-corrected chi connectivity index (χ1v) is 13.0. The molecule has 1 aromatic heterocycles. The van der Waals surface area contributed by atoms with Crippen LogP contribution in [0.3, 0.4) is 0 Å². The second kappa shape index (κ2) is 11.5. The van der Waals surface area contributed by atoms with Crippen LogP contribution >= 0.6 is 12.2 Å². The lowest BCUT2D eigenvalue weighted by atomic mass is 10.1. The highest BCUT2D eigenvalue weighted by Crippen LogP contribution is 2.33. The lowest BCUT2D eigenvalue weighted by Crippen LogP contribution is -2.42. The van der Waals surface area contributed by atoms with Crippen LogP contribution in [0, 0.1) is 6.92 Å². The summed E-state index contributed by atoms with van der Waals surface area (Å²) in [4.78, 5) is 18.2. The highest BCUT2D eigenvalue weighted by Gasteiger charge is 2.17. The Bertz CT molecular complexity index is 1450. The van der Waals surface area contributed by atoms with Crippen LogP contribution in [0.5, 0.6) is 11.5 Å². The van der Waals surface area contributed by atoms with E-state index in [9.17, 15) is 4.79 Å². The van der Waals surface area contributed by atoms with Crippen LogP contribution in [0.1, 0.15) is 22.3 Å². The van der Waals surface area contributed by atoms with Gasteiger partial charge in [-0.05, 0) is 60.8 Å². The molecule has 0 spiro atoms. The second-order valence-electron chi connectivity index (χ2n) is 9.27. The summed E-state index contributed by atoms with van der Waals surface area (Å²) < 4.78 is 11.4. The number of rotatable bonds is 8. The Morgan fingerprint density at radius 3 is 2.46 bits per heavy atom. The molecule has 5 rings (SSSR count). The van der Waals surface area contributed by atoms with Crippen molar-refractivity contribution in [3.63, 3.8) is 0 Å². The molecule has 3 aromatic carbocycles. The zero-order chi connectivity index (χ0) is 25.6. The summed E-state index contributed by atoms with van der Waals surface area (Å²) in [5, 5.41) is 4.96. The van der Waals surface area contributed by atoms with E-state index in [1.807, 2.05) is 36.4 Å². The molecule has 0 amide bonds. The maximum Gasteiger partial charge on any atom is 0.253 e. The van der Waals surface area contributed by atoms with Crippen molar-refractivity contribution < 1.29 is 9.47 Å². The molecule has 7 heteroatoms. The fourth-order valence-electron chi connectivity index (χ4n) is 4.58. The Kier molecular flexibility index (Phi) is 7.70. The van der Waals surface area contributed by atoms with E-state index in [0.29, 0.717) is 48.5 Å². The number of benzene rings is 3. The van der Waals surface area contributed by atoms with Crippen molar-refractivity contribution in [2.75, 3.05) is 26.3 Å². The van der Waals surface area contributed by atoms with Gasteiger partial charge in [0.2, 0.25) is 0 Å². The third kappa shape index (κ3) is 6.12. The first kappa shape index (κ1) is 24.8. The Morgan fingerprint density at radius 1 is 0.946 bits per heavy atom. The van der Waals surface area contributed by atoms with Crippen LogP contribution in [-0.4, -0.2) is 41.3 Å². The predicted octanol–water partition coefficient (Wildman–Crippen LogP) is 4.77. The van der Waals surface area contributed by atoms with Crippen LogP contribution in [-0.2, 0) is 19.4 Å². The third-order valence-corrected chi connectivity index (χ3v) is 7.08. The molecule has 0 aliphatic carbocycles. The van der Waals surface area contributed by atoms with Gasteiger partial charge in [-0.1, -0.05) is 54.6 Å². The number of nitrogens with one attached hydrogen (secondary N) is 2. The monoisotopic (exact) mass is 513 g/mol. The number of thiocarbonyl (C=S) groups is 1. The van der Waals surface area contributed by atoms with Gasteiger partial charge in [-0.3, -0.25) is 4.79 Å². The van der Waals surface area contributed by atoms with E-state index in [0.717, 1.165) is 30.3 Å². The van der Waals surface area contributed by atoms with Gasteiger partial charge in [0.1, 0.15) is 13.2 Å². The molecule has 0 bridgehead atoms. The van der Waals surface area contributed by atoms with Gasteiger partial charge in [-0.2, -0.15) is 0 Å². The molecule has 2 N–H and O–H groups in total. The van der Waals surface area contributed by atoms with Crippen LogP contribution in [0.25, 0.3) is 10.9 Å². The van der Waals surface area contributed by atoms with Gasteiger partial charge in [0.05, 0.1) is 12.1 Å². The Hall–Kier alpha value is -3.84. The van der Waals surface area contributed by atoms with Gasteiger partial charge in [0, 0.05) is 30.1 Å². The van der Waals surface area contributed by atoms with E-state index in [4.69, 9.17) is 21.7 Å². The number of ether oxygens (including phenoxy) is 2. The molecular formula is C30H31N3O3S. The highest BCUT2D eigenvalue weighted by molar-refractivity contribution is 7.80. The van der Waals surface area contributed by atoms with Crippen molar-refractivity contribution in [3.8, 4) is 11.5 Å². The minimum Gasteiger partial charge on any atom is -0.486 e. The van der Waals surface area contributed by atoms with Crippen LogP contribution in [0.2, 0.25) is 0 Å². The number of fused-ring (bicyclic) bond motifs is 2. The Balaban J connectivity index is 1.35. The number of H-pyrrole nitrogens is 1. The van der Waals surface area contributed by atoms with Crippen LogP contribution < -0.4 is 20.3 Å². The average molecular weight is 514 g/mol. The summed E-state index contributed by atoms with van der Waals surface area (Å²) in [5.74, 6) is 1.36. The summed E-state index contributed by atoms with van der Waals surface area (Å²) in [6.45, 7) is 4.97. The number of hydrogen-bond acceptors (Lipinski definition) is 4. The van der Waals surface area contributed by atoms with Crippen LogP contribution in [0.4, 0.5) is 0 Å². The van der Waals surface area contributed by atoms with Crippen molar-refractivity contribution in [1.82, 2.24) is 15.2 Å². The minimum atomic E-state index is -0.128. The van der Waals surface area contributed by atoms with Crippen molar-refractivity contribution in [3.05, 3.63) is 105 Å². The molecular weight excluding hydrogens is 482 g/mol. The topological polar surface area (TPSA) is 66.6 Å². The number of aryl methyl sites for hydroxylation is 1. The third-order valence-electron chi connectivity index (χ3n) is 6.68. The number of nitrogens with zero attached hydrogens (tertiary/aromatic N) is 1. The zero-order valence-electron chi connectivity index (χ0n) is 21.0. The minimum absolute atomic E-state index is 0.128. The van der Waals surface area contributed by atoms with Gasteiger partial charge in [0.25, 0.3) is 5.56 Å². The summed E-state index contributed by atoms with van der Waals surface area (Å²) in [6.07, 6.45) is 1.70. The molecule has 0 radical (unpaired) electrons. The fourth-order valence-corrected chi connectivity index (χ4v) is 4.84. The summed E-state index contributed by atoms with van der Waals surface area (Å²) in [5.41, 5.74) is 5.04. The van der Waals surface area contributed by atoms with E-state index >= 15 is 0 Å². The van der Waals surface area contributed by atoms with E-state index in [1.165, 1.54) is 16.7 Å². The summed E-state index contributed by atoms with van der Waals surface area (Å²) in [7, 11) is 0. The molecule has 0 saturated carbocycles. The van der Waals surface area contributed by atoms with Gasteiger partial charge in [-0.15, -0.1) is 0 Å². The quantitative estimate of drug-likeness (QED) is 0.331. The van der Waals surface area contributed by atoms with Gasteiger partial charge in [0.15, 0.2) is 16.6 Å². The Labute approximate surface area is 222 Å². The number of hydrogen-bond donors (Lipinski definition) is 2. The number of pyridine rings is 1. The maximum atomic E-state index is 13.1. The predicted molar refractivity (Wildman–Crippen MR) is 152 cm³/mol. The van der Waals surface area contributed by atoms with Crippen molar-refractivity contribution in [2.24, 2.45) is 0 Å². The van der Waals surface area contributed by atoms with Crippen molar-refractivity contribution >= 4 is 28.2 Å². The molecule has 0 unspecified atom stereocenters. The average Bonchev–Trinajstić information content (AvgIpc) is 2.91. The number of aromatic nitrogens is 1. The van der Waals surface area contributed by atoms with E-state index in [2.05, 4.69) is 58.5 Å². The molecule has 190 valence electrons. The molecule has 37 heavy (non-hydrogen) atoms. The Morgan fingerprint density at radius 2 is 1.68 bits per heavy atom. The van der Waals surface area contributed by atoms with Gasteiger partial charge >= 0.3 is 0 Å². The normalized spacial score (nSPS) is 12.4.